The first-order chi connectivity index (χ1) is 8.36. The summed E-state index contributed by atoms with van der Waals surface area (Å²) in [5.41, 5.74) is -0.165. The van der Waals surface area contributed by atoms with E-state index >= 15 is 0 Å². The van der Waals surface area contributed by atoms with Crippen molar-refractivity contribution < 1.29 is 9.84 Å². The molecule has 3 aliphatic carbocycles. The van der Waals surface area contributed by atoms with E-state index in [1.54, 1.807) is 0 Å². The maximum absolute atomic E-state index is 10.4. The maximum atomic E-state index is 10.4. The molecule has 6 atom stereocenters. The zero-order valence-electron chi connectivity index (χ0n) is 12.0. The highest BCUT2D eigenvalue weighted by Crippen LogP contribution is 2.64. The Morgan fingerprint density at radius 3 is 2.72 bits per heavy atom. The fourth-order valence-corrected chi connectivity index (χ4v) is 5.91. The van der Waals surface area contributed by atoms with E-state index in [0.717, 1.165) is 36.0 Å². The molecule has 0 amide bonds. The number of aliphatic hydroxyl groups is 1. The molecule has 2 bridgehead atoms. The molecule has 0 radical (unpaired) electrons. The summed E-state index contributed by atoms with van der Waals surface area (Å²) in [4.78, 5) is 0. The van der Waals surface area contributed by atoms with Crippen molar-refractivity contribution in [1.29, 1.82) is 0 Å². The van der Waals surface area contributed by atoms with Crippen LogP contribution in [0.1, 0.15) is 47.0 Å². The van der Waals surface area contributed by atoms with Crippen molar-refractivity contribution in [1.82, 2.24) is 0 Å². The zero-order valence-corrected chi connectivity index (χ0v) is 12.8. The average molecular weight is 270 g/mol. The highest BCUT2D eigenvalue weighted by molar-refractivity contribution is 8.00. The van der Waals surface area contributed by atoms with Crippen LogP contribution in [0.3, 0.4) is 0 Å². The Morgan fingerprint density at radius 1 is 1.39 bits per heavy atom. The highest BCUT2D eigenvalue weighted by Gasteiger charge is 2.59. The van der Waals surface area contributed by atoms with Crippen molar-refractivity contribution in [3.63, 3.8) is 0 Å². The van der Waals surface area contributed by atoms with Gasteiger partial charge in [-0.3, -0.25) is 0 Å². The summed E-state index contributed by atoms with van der Waals surface area (Å²) in [6, 6.07) is 0. The third kappa shape index (κ3) is 1.77. The summed E-state index contributed by atoms with van der Waals surface area (Å²) >= 11 is 1.91. The van der Waals surface area contributed by atoms with Crippen molar-refractivity contribution in [3.05, 3.63) is 0 Å². The first-order valence-electron chi connectivity index (χ1n) is 7.35. The van der Waals surface area contributed by atoms with Gasteiger partial charge in [0.1, 0.15) is 5.44 Å². The lowest BCUT2D eigenvalue weighted by Gasteiger charge is -2.64. The molecule has 4 fully saturated rings. The Labute approximate surface area is 115 Å². The molecule has 1 unspecified atom stereocenters. The predicted octanol–water partition coefficient (Wildman–Crippen LogP) is 3.29. The monoisotopic (exact) mass is 270 g/mol. The molecular formula is C15H26O2S. The molecule has 3 heteroatoms. The van der Waals surface area contributed by atoms with Crippen molar-refractivity contribution in [3.8, 4) is 0 Å². The van der Waals surface area contributed by atoms with E-state index in [0.29, 0.717) is 5.41 Å². The molecule has 1 N–H and O–H groups in total. The molecule has 1 heterocycles. The third-order valence-electron chi connectivity index (χ3n) is 6.02. The van der Waals surface area contributed by atoms with Gasteiger partial charge in [-0.05, 0) is 49.4 Å². The molecule has 3 saturated carbocycles. The Hall–Kier alpha value is 0.270. The van der Waals surface area contributed by atoms with E-state index in [-0.39, 0.29) is 5.44 Å². The largest absolute Gasteiger partial charge is 0.387 e. The van der Waals surface area contributed by atoms with E-state index in [1.807, 2.05) is 25.6 Å². The second kappa shape index (κ2) is 4.13. The lowest BCUT2D eigenvalue weighted by Crippen LogP contribution is -2.60. The van der Waals surface area contributed by atoms with Crippen LogP contribution in [0.2, 0.25) is 0 Å². The van der Waals surface area contributed by atoms with Gasteiger partial charge in [0.05, 0.1) is 12.2 Å². The topological polar surface area (TPSA) is 29.5 Å². The minimum atomic E-state index is -0.674. The van der Waals surface area contributed by atoms with Gasteiger partial charge in [-0.25, -0.2) is 0 Å². The van der Waals surface area contributed by atoms with Crippen LogP contribution in [-0.4, -0.2) is 28.0 Å². The summed E-state index contributed by atoms with van der Waals surface area (Å²) in [6.07, 6.45) is 3.51. The van der Waals surface area contributed by atoms with E-state index in [9.17, 15) is 5.11 Å². The van der Waals surface area contributed by atoms with Gasteiger partial charge in [0.25, 0.3) is 0 Å². The van der Waals surface area contributed by atoms with Crippen LogP contribution in [-0.2, 0) is 4.74 Å². The average Bonchev–Trinajstić information content (AvgIpc) is 2.37. The normalized spacial score (nSPS) is 48.8. The molecule has 1 aliphatic heterocycles. The van der Waals surface area contributed by atoms with Gasteiger partial charge in [0.2, 0.25) is 0 Å². The molecule has 18 heavy (non-hydrogen) atoms. The fraction of sp³-hybridized carbons (Fsp3) is 1.00. The fourth-order valence-electron chi connectivity index (χ4n) is 4.17. The lowest BCUT2D eigenvalue weighted by molar-refractivity contribution is -0.145. The molecular weight excluding hydrogens is 244 g/mol. The summed E-state index contributed by atoms with van der Waals surface area (Å²) in [5, 5.41) is 11.1. The summed E-state index contributed by atoms with van der Waals surface area (Å²) in [6.45, 7) is 9.68. The molecule has 2 nitrogen and oxygen atoms in total. The number of thioether (sulfide) groups is 1. The Balaban J connectivity index is 1.71. The summed E-state index contributed by atoms with van der Waals surface area (Å²) < 4.78 is 6.00. The third-order valence-corrected chi connectivity index (χ3v) is 7.80. The minimum absolute atomic E-state index is 0.0237. The van der Waals surface area contributed by atoms with Crippen molar-refractivity contribution in [2.45, 2.75) is 63.2 Å². The number of ether oxygens (including phenoxy) is 1. The first kappa shape index (κ1) is 13.3. The second-order valence-corrected chi connectivity index (χ2v) is 8.62. The minimum Gasteiger partial charge on any atom is -0.387 e. The summed E-state index contributed by atoms with van der Waals surface area (Å²) in [5.74, 6) is 2.47. The first-order valence-corrected chi connectivity index (χ1v) is 8.30. The van der Waals surface area contributed by atoms with Gasteiger partial charge in [-0.1, -0.05) is 20.8 Å². The van der Waals surface area contributed by atoms with Gasteiger partial charge in [-0.15, -0.1) is 11.8 Å². The smallest absolute Gasteiger partial charge is 0.131 e. The maximum Gasteiger partial charge on any atom is 0.131 e. The zero-order chi connectivity index (χ0) is 13.1. The van der Waals surface area contributed by atoms with Crippen LogP contribution in [0.25, 0.3) is 0 Å². The molecule has 0 aromatic carbocycles. The van der Waals surface area contributed by atoms with Gasteiger partial charge in [0.15, 0.2) is 0 Å². The second-order valence-electron chi connectivity index (χ2n) is 7.31. The predicted molar refractivity (Wildman–Crippen MR) is 75.5 cm³/mol. The molecule has 104 valence electrons. The summed E-state index contributed by atoms with van der Waals surface area (Å²) in [7, 11) is 0. The van der Waals surface area contributed by atoms with Crippen LogP contribution in [0.4, 0.5) is 0 Å². The molecule has 4 aliphatic rings. The van der Waals surface area contributed by atoms with Crippen LogP contribution in [0, 0.1) is 23.2 Å². The number of hydrogen-bond donors (Lipinski definition) is 1. The van der Waals surface area contributed by atoms with Crippen LogP contribution in [0.15, 0.2) is 0 Å². The number of hydrogen-bond acceptors (Lipinski definition) is 3. The van der Waals surface area contributed by atoms with Crippen LogP contribution >= 0.6 is 11.8 Å². The lowest BCUT2D eigenvalue weighted by atomic mass is 9.45. The van der Waals surface area contributed by atoms with Gasteiger partial charge in [-0.2, -0.15) is 0 Å². The quantitative estimate of drug-likeness (QED) is 0.835. The Bertz CT molecular complexity index is 339. The van der Waals surface area contributed by atoms with E-state index in [2.05, 4.69) is 13.8 Å². The molecule has 0 spiro atoms. The van der Waals surface area contributed by atoms with Crippen LogP contribution < -0.4 is 0 Å². The number of rotatable bonds is 2. The standard InChI is InChI=1S/C15H26O2S/c1-5-15(4,16)13-17-8-10-11-6-9(14(11,2)3)7-12(10)18-13/h9-13,16H,5-8H2,1-4H3/t9-,10+,11+,12+,13?,15+/m1/s1. The molecule has 0 aromatic rings. The van der Waals surface area contributed by atoms with E-state index < -0.39 is 5.60 Å². The van der Waals surface area contributed by atoms with Crippen LogP contribution in [0.5, 0.6) is 0 Å². The van der Waals surface area contributed by atoms with Crippen molar-refractivity contribution in [2.75, 3.05) is 6.61 Å². The Kier molecular flexibility index (Phi) is 3.04. The SMILES string of the molecule is CC[C@](C)(O)C1OC[C@@H]2[C@H](C[C@H]3C[C@@H]2C3(C)C)S1. The highest BCUT2D eigenvalue weighted by atomic mass is 32.2. The molecule has 0 aromatic heterocycles. The van der Waals surface area contributed by atoms with Gasteiger partial charge >= 0.3 is 0 Å². The molecule has 1 saturated heterocycles. The van der Waals surface area contributed by atoms with Crippen molar-refractivity contribution in [2.24, 2.45) is 23.2 Å². The molecule has 4 rings (SSSR count). The van der Waals surface area contributed by atoms with E-state index in [1.165, 1.54) is 12.8 Å². The van der Waals surface area contributed by atoms with Gasteiger partial charge < -0.3 is 9.84 Å². The Morgan fingerprint density at radius 2 is 2.11 bits per heavy atom. The van der Waals surface area contributed by atoms with E-state index in [4.69, 9.17) is 4.74 Å². The van der Waals surface area contributed by atoms with Crippen molar-refractivity contribution >= 4 is 11.8 Å². The van der Waals surface area contributed by atoms with Gasteiger partial charge in [0, 0.05) is 5.25 Å².